The maximum atomic E-state index is 9.02. The molecule has 0 amide bonds. The third kappa shape index (κ3) is 2.76. The van der Waals surface area contributed by atoms with Gasteiger partial charge in [-0.15, -0.1) is 16.5 Å². The number of nitriles is 1. The molecule has 0 saturated heterocycles. The van der Waals surface area contributed by atoms with Crippen molar-refractivity contribution in [2.45, 2.75) is 6.61 Å². The third-order valence-corrected chi connectivity index (χ3v) is 2.36. The molecule has 6 nitrogen and oxygen atoms in total. The molecule has 0 aliphatic rings. The SMILES string of the molecule is C#Cc1cccc(OC#N)c1COc1ccn(O)n1. The minimum Gasteiger partial charge on any atom is -0.471 e. The molecule has 1 aromatic heterocycles. The lowest BCUT2D eigenvalue weighted by Crippen LogP contribution is -2.02. The van der Waals surface area contributed by atoms with E-state index in [0.717, 1.165) is 0 Å². The first-order valence-electron chi connectivity index (χ1n) is 5.26. The summed E-state index contributed by atoms with van der Waals surface area (Å²) in [5, 5.41) is 21.2. The summed E-state index contributed by atoms with van der Waals surface area (Å²) in [7, 11) is 0. The summed E-state index contributed by atoms with van der Waals surface area (Å²) in [6.07, 6.45) is 8.31. The first-order valence-corrected chi connectivity index (χ1v) is 5.26. The van der Waals surface area contributed by atoms with Crippen LogP contribution in [0.2, 0.25) is 0 Å². The van der Waals surface area contributed by atoms with Crippen LogP contribution < -0.4 is 9.47 Å². The average molecular weight is 255 g/mol. The van der Waals surface area contributed by atoms with Crippen LogP contribution in [0.3, 0.4) is 0 Å². The quantitative estimate of drug-likeness (QED) is 0.509. The van der Waals surface area contributed by atoms with Gasteiger partial charge < -0.3 is 14.7 Å². The maximum absolute atomic E-state index is 9.02. The van der Waals surface area contributed by atoms with Crippen LogP contribution in [0.1, 0.15) is 11.1 Å². The van der Waals surface area contributed by atoms with Crippen LogP contribution in [0.25, 0.3) is 0 Å². The molecule has 0 fully saturated rings. The minimum atomic E-state index is 0.0778. The van der Waals surface area contributed by atoms with Crippen LogP contribution in [0, 0.1) is 23.9 Å². The first kappa shape index (κ1) is 12.3. The fraction of sp³-hybridized carbons (Fsp3) is 0.0769. The lowest BCUT2D eigenvalue weighted by atomic mass is 10.1. The van der Waals surface area contributed by atoms with Crippen molar-refractivity contribution in [3.63, 3.8) is 0 Å². The normalized spacial score (nSPS) is 9.37. The highest BCUT2D eigenvalue weighted by Gasteiger charge is 2.10. The second-order valence-corrected chi connectivity index (χ2v) is 3.48. The van der Waals surface area contributed by atoms with Crippen molar-refractivity contribution >= 4 is 0 Å². The third-order valence-electron chi connectivity index (χ3n) is 2.36. The molecule has 0 unspecified atom stereocenters. The van der Waals surface area contributed by atoms with Crippen LogP contribution in [0.4, 0.5) is 0 Å². The van der Waals surface area contributed by atoms with Crippen molar-refractivity contribution in [3.8, 4) is 30.2 Å². The first-order chi connectivity index (χ1) is 9.24. The van der Waals surface area contributed by atoms with Crippen molar-refractivity contribution in [3.05, 3.63) is 41.6 Å². The standard InChI is InChI=1S/C13H9N3O3/c1-2-10-4-3-5-12(19-9-14)11(10)8-18-13-6-7-16(17)15-13/h1,3-7,17H,8H2. The fourth-order valence-electron chi connectivity index (χ4n) is 1.52. The van der Waals surface area contributed by atoms with Gasteiger partial charge in [0.05, 0.1) is 6.20 Å². The van der Waals surface area contributed by atoms with Gasteiger partial charge in [0.15, 0.2) is 0 Å². The van der Waals surface area contributed by atoms with Gasteiger partial charge in [-0.25, -0.2) is 0 Å². The van der Waals surface area contributed by atoms with E-state index in [-0.39, 0.29) is 12.5 Å². The Morgan fingerprint density at radius 3 is 2.89 bits per heavy atom. The van der Waals surface area contributed by atoms with Gasteiger partial charge in [0, 0.05) is 17.2 Å². The molecule has 6 heteroatoms. The van der Waals surface area contributed by atoms with Crippen LogP contribution in [-0.4, -0.2) is 15.2 Å². The van der Waals surface area contributed by atoms with Gasteiger partial charge in [-0.3, -0.25) is 0 Å². The monoisotopic (exact) mass is 255 g/mol. The van der Waals surface area contributed by atoms with Gasteiger partial charge >= 0.3 is 0 Å². The molecule has 0 radical (unpaired) electrons. The van der Waals surface area contributed by atoms with Crippen LogP contribution in [-0.2, 0) is 6.61 Å². The lowest BCUT2D eigenvalue weighted by Gasteiger charge is -2.09. The van der Waals surface area contributed by atoms with Gasteiger partial charge in [0.1, 0.15) is 12.4 Å². The molecule has 0 atom stereocenters. The number of benzene rings is 1. The van der Waals surface area contributed by atoms with Crippen molar-refractivity contribution in [2.24, 2.45) is 0 Å². The molecule has 0 spiro atoms. The van der Waals surface area contributed by atoms with Gasteiger partial charge in [-0.2, -0.15) is 0 Å². The van der Waals surface area contributed by atoms with Crippen LogP contribution in [0.5, 0.6) is 11.6 Å². The Hall–Kier alpha value is -3.12. The van der Waals surface area contributed by atoms with Gasteiger partial charge in [-0.1, -0.05) is 17.1 Å². The van der Waals surface area contributed by atoms with Crippen LogP contribution >= 0.6 is 0 Å². The molecule has 94 valence electrons. The number of terminal acetylenes is 1. The predicted octanol–water partition coefficient (Wildman–Crippen LogP) is 1.54. The largest absolute Gasteiger partial charge is 0.471 e. The zero-order chi connectivity index (χ0) is 13.7. The second-order valence-electron chi connectivity index (χ2n) is 3.48. The zero-order valence-electron chi connectivity index (χ0n) is 9.78. The molecule has 2 aromatic rings. The number of nitrogens with zero attached hydrogens (tertiary/aromatic N) is 3. The Kier molecular flexibility index (Phi) is 3.56. The van der Waals surface area contributed by atoms with E-state index in [0.29, 0.717) is 21.7 Å². The number of ether oxygens (including phenoxy) is 2. The number of aromatic nitrogens is 2. The second kappa shape index (κ2) is 5.48. The van der Waals surface area contributed by atoms with E-state index in [1.54, 1.807) is 24.5 Å². The van der Waals surface area contributed by atoms with E-state index in [1.807, 2.05) is 0 Å². The molecule has 2 rings (SSSR count). The number of hydrogen-bond donors (Lipinski definition) is 1. The van der Waals surface area contributed by atoms with Gasteiger partial charge in [0.2, 0.25) is 5.88 Å². The molecule has 1 N–H and O–H groups in total. The van der Waals surface area contributed by atoms with Gasteiger partial charge in [-0.05, 0) is 12.1 Å². The summed E-state index contributed by atoms with van der Waals surface area (Å²) >= 11 is 0. The summed E-state index contributed by atoms with van der Waals surface area (Å²) in [4.78, 5) is 0.634. The molecule has 1 heterocycles. The number of hydrogen-bond acceptors (Lipinski definition) is 5. The predicted molar refractivity (Wildman–Crippen MR) is 64.4 cm³/mol. The highest BCUT2D eigenvalue weighted by molar-refractivity contribution is 5.48. The average Bonchev–Trinajstić information content (AvgIpc) is 2.83. The zero-order valence-corrected chi connectivity index (χ0v) is 9.78. The maximum Gasteiger partial charge on any atom is 0.292 e. The Morgan fingerprint density at radius 1 is 1.42 bits per heavy atom. The van der Waals surface area contributed by atoms with Crippen molar-refractivity contribution < 1.29 is 14.7 Å². The summed E-state index contributed by atoms with van der Waals surface area (Å²) in [6, 6.07) is 6.51. The van der Waals surface area contributed by atoms with E-state index in [4.69, 9.17) is 26.4 Å². The Balaban J connectivity index is 2.23. The Bertz CT molecular complexity index is 665. The van der Waals surface area contributed by atoms with Crippen molar-refractivity contribution in [1.82, 2.24) is 9.94 Å². The fourth-order valence-corrected chi connectivity index (χ4v) is 1.52. The summed E-state index contributed by atoms with van der Waals surface area (Å²) in [5.74, 6) is 3.06. The highest BCUT2D eigenvalue weighted by atomic mass is 16.5. The number of rotatable bonds is 4. The van der Waals surface area contributed by atoms with E-state index in [2.05, 4.69) is 11.0 Å². The Morgan fingerprint density at radius 2 is 2.26 bits per heavy atom. The summed E-state index contributed by atoms with van der Waals surface area (Å²) < 4.78 is 10.2. The summed E-state index contributed by atoms with van der Waals surface area (Å²) in [6.45, 7) is 0.0778. The molecule has 19 heavy (non-hydrogen) atoms. The van der Waals surface area contributed by atoms with E-state index in [1.165, 1.54) is 12.3 Å². The van der Waals surface area contributed by atoms with E-state index in [9.17, 15) is 0 Å². The van der Waals surface area contributed by atoms with E-state index < -0.39 is 0 Å². The Labute approximate surface area is 109 Å². The van der Waals surface area contributed by atoms with E-state index >= 15 is 0 Å². The smallest absolute Gasteiger partial charge is 0.292 e. The van der Waals surface area contributed by atoms with Crippen molar-refractivity contribution in [1.29, 1.82) is 5.26 Å². The molecule has 0 bridgehead atoms. The lowest BCUT2D eigenvalue weighted by molar-refractivity contribution is 0.141. The van der Waals surface area contributed by atoms with Crippen LogP contribution in [0.15, 0.2) is 30.5 Å². The molecule has 0 saturated carbocycles. The minimum absolute atomic E-state index is 0.0778. The molecule has 0 aliphatic carbocycles. The molecular weight excluding hydrogens is 246 g/mol. The molecule has 0 aliphatic heterocycles. The van der Waals surface area contributed by atoms with Gasteiger partial charge in [0.25, 0.3) is 6.26 Å². The molecular formula is C13H9N3O3. The summed E-state index contributed by atoms with van der Waals surface area (Å²) in [5.41, 5.74) is 1.13. The molecule has 1 aromatic carbocycles. The highest BCUT2D eigenvalue weighted by Crippen LogP contribution is 2.23. The van der Waals surface area contributed by atoms with Crippen molar-refractivity contribution in [2.75, 3.05) is 0 Å². The topological polar surface area (TPSA) is 80.3 Å².